The summed E-state index contributed by atoms with van der Waals surface area (Å²) in [7, 11) is -3.76. The minimum atomic E-state index is -3.76. The third-order valence-corrected chi connectivity index (χ3v) is 6.27. The van der Waals surface area contributed by atoms with Crippen LogP contribution in [0.15, 0.2) is 102 Å². The fraction of sp³-hybridized carbons (Fsp3) is 0.0400. The van der Waals surface area contributed by atoms with Crippen molar-refractivity contribution >= 4 is 21.1 Å². The maximum absolute atomic E-state index is 11.6. The molecule has 3 aromatic carbocycles. The second kappa shape index (κ2) is 8.03. The molecule has 0 aliphatic carbocycles. The molecule has 0 spiro atoms. The fourth-order valence-electron chi connectivity index (χ4n) is 3.78. The smallest absolute Gasteiger partial charge is 0.238 e. The minimum absolute atomic E-state index is 0.0656. The van der Waals surface area contributed by atoms with E-state index in [2.05, 4.69) is 45.9 Å². The summed E-state index contributed by atoms with van der Waals surface area (Å²) >= 11 is 0. The van der Waals surface area contributed by atoms with Gasteiger partial charge in [-0.3, -0.25) is 9.55 Å². The number of hydrogen-bond donors (Lipinski definition) is 1. The van der Waals surface area contributed by atoms with Gasteiger partial charge in [0.2, 0.25) is 10.0 Å². The first-order valence-electron chi connectivity index (χ1n) is 10.1. The highest BCUT2D eigenvalue weighted by Crippen LogP contribution is 2.29. The number of nitrogens with two attached hydrogens (primary N) is 1. The summed E-state index contributed by atoms with van der Waals surface area (Å²) in [5.41, 5.74) is 5.89. The van der Waals surface area contributed by atoms with Crippen LogP contribution in [0, 0.1) is 0 Å². The zero-order valence-electron chi connectivity index (χ0n) is 17.1. The maximum atomic E-state index is 11.6. The van der Waals surface area contributed by atoms with Gasteiger partial charge in [-0.25, -0.2) is 18.5 Å². The van der Waals surface area contributed by atoms with Crippen molar-refractivity contribution in [2.45, 2.75) is 11.3 Å². The molecule has 158 valence electrons. The lowest BCUT2D eigenvalue weighted by Crippen LogP contribution is -2.11. The van der Waals surface area contributed by atoms with Gasteiger partial charge in [-0.15, -0.1) is 0 Å². The molecule has 7 heteroatoms. The first-order chi connectivity index (χ1) is 15.5. The molecule has 0 atom stereocenters. The summed E-state index contributed by atoms with van der Waals surface area (Å²) in [4.78, 5) is 9.02. The van der Waals surface area contributed by atoms with Crippen molar-refractivity contribution in [1.29, 1.82) is 0 Å². The van der Waals surface area contributed by atoms with E-state index in [1.165, 1.54) is 23.3 Å². The molecule has 2 aromatic heterocycles. The van der Waals surface area contributed by atoms with Gasteiger partial charge in [0, 0.05) is 17.4 Å². The second-order valence-corrected chi connectivity index (χ2v) is 9.09. The van der Waals surface area contributed by atoms with Crippen molar-refractivity contribution in [3.05, 3.63) is 108 Å². The van der Waals surface area contributed by atoms with Gasteiger partial charge in [0.05, 0.1) is 16.6 Å². The summed E-state index contributed by atoms with van der Waals surface area (Å²) in [5, 5.41) is 5.24. The van der Waals surface area contributed by atoms with Crippen LogP contribution in [0.3, 0.4) is 0 Å². The average molecular weight is 441 g/mol. The van der Waals surface area contributed by atoms with Crippen LogP contribution in [0.1, 0.15) is 11.1 Å². The first-order valence-corrected chi connectivity index (χ1v) is 11.6. The molecule has 0 fully saturated rings. The standard InChI is InChI=1S/C25H20N4O2S/c26-32(30,31)22-12-8-20(9-13-22)25-28-23-17-27-15-14-24(23)29(25)21-10-6-19(7-11-21)16-18-4-2-1-3-5-18/h1-15,17H,16H2,(H2,26,30,31). The summed E-state index contributed by atoms with van der Waals surface area (Å²) in [5.74, 6) is 0.699. The predicted octanol–water partition coefficient (Wildman–Crippen LogP) is 4.33. The number of rotatable bonds is 5. The highest BCUT2D eigenvalue weighted by molar-refractivity contribution is 7.89. The molecule has 2 heterocycles. The van der Waals surface area contributed by atoms with Crippen molar-refractivity contribution < 1.29 is 8.42 Å². The monoisotopic (exact) mass is 440 g/mol. The largest absolute Gasteiger partial charge is 0.292 e. The number of hydrogen-bond acceptors (Lipinski definition) is 4. The van der Waals surface area contributed by atoms with Crippen LogP contribution < -0.4 is 5.14 Å². The SMILES string of the molecule is NS(=O)(=O)c1ccc(-c2nc3cnccc3n2-c2ccc(Cc3ccccc3)cc2)cc1. The number of pyridine rings is 1. The average Bonchev–Trinajstić information content (AvgIpc) is 3.19. The van der Waals surface area contributed by atoms with Crippen LogP contribution in [0.2, 0.25) is 0 Å². The van der Waals surface area contributed by atoms with E-state index < -0.39 is 10.0 Å². The fourth-order valence-corrected chi connectivity index (χ4v) is 4.29. The van der Waals surface area contributed by atoms with Gasteiger partial charge in [-0.05, 0) is 60.0 Å². The van der Waals surface area contributed by atoms with E-state index >= 15 is 0 Å². The van der Waals surface area contributed by atoms with Crippen LogP contribution in [0.4, 0.5) is 0 Å². The number of imidazole rings is 1. The molecular formula is C25H20N4O2S. The Kier molecular flexibility index (Phi) is 5.05. The summed E-state index contributed by atoms with van der Waals surface area (Å²) in [6.45, 7) is 0. The molecule has 5 rings (SSSR count). The Balaban J connectivity index is 1.58. The van der Waals surface area contributed by atoms with E-state index in [0.29, 0.717) is 5.82 Å². The molecule has 0 bridgehead atoms. The molecule has 6 nitrogen and oxygen atoms in total. The molecule has 0 radical (unpaired) electrons. The number of fused-ring (bicyclic) bond motifs is 1. The second-order valence-electron chi connectivity index (χ2n) is 7.53. The summed E-state index contributed by atoms with van der Waals surface area (Å²) in [6, 6.07) is 27.1. The Morgan fingerprint density at radius 1 is 0.812 bits per heavy atom. The van der Waals surface area contributed by atoms with Gasteiger partial charge in [0.1, 0.15) is 11.3 Å². The number of primary sulfonamides is 1. The third kappa shape index (κ3) is 3.91. The topological polar surface area (TPSA) is 90.9 Å². The molecule has 0 aliphatic heterocycles. The molecule has 0 aliphatic rings. The first kappa shape index (κ1) is 20.1. The van der Waals surface area contributed by atoms with Crippen molar-refractivity contribution in [2.24, 2.45) is 5.14 Å². The molecule has 2 N–H and O–H groups in total. The van der Waals surface area contributed by atoms with Gasteiger partial charge in [0.15, 0.2) is 0 Å². The van der Waals surface area contributed by atoms with E-state index in [1.807, 2.05) is 24.3 Å². The predicted molar refractivity (Wildman–Crippen MR) is 125 cm³/mol. The molecule has 0 unspecified atom stereocenters. The van der Waals surface area contributed by atoms with E-state index in [9.17, 15) is 8.42 Å². The molecule has 0 saturated carbocycles. The Hall–Kier alpha value is -3.81. The van der Waals surface area contributed by atoms with E-state index in [1.54, 1.807) is 24.5 Å². The highest BCUT2D eigenvalue weighted by Gasteiger charge is 2.16. The van der Waals surface area contributed by atoms with Crippen LogP contribution in [0.25, 0.3) is 28.1 Å². The van der Waals surface area contributed by atoms with Gasteiger partial charge in [-0.2, -0.15) is 0 Å². The zero-order chi connectivity index (χ0) is 22.1. The lowest BCUT2D eigenvalue weighted by Gasteiger charge is -2.11. The normalized spacial score (nSPS) is 11.7. The van der Waals surface area contributed by atoms with Crippen molar-refractivity contribution in [3.8, 4) is 17.1 Å². The quantitative estimate of drug-likeness (QED) is 0.440. The summed E-state index contributed by atoms with van der Waals surface area (Å²) < 4.78 is 25.3. The Labute approximate surface area is 186 Å². The number of nitrogens with zero attached hydrogens (tertiary/aromatic N) is 3. The molecular weight excluding hydrogens is 420 g/mol. The maximum Gasteiger partial charge on any atom is 0.238 e. The van der Waals surface area contributed by atoms with Crippen molar-refractivity contribution in [2.75, 3.05) is 0 Å². The molecule has 5 aromatic rings. The zero-order valence-corrected chi connectivity index (χ0v) is 17.9. The van der Waals surface area contributed by atoms with Crippen molar-refractivity contribution in [1.82, 2.24) is 14.5 Å². The minimum Gasteiger partial charge on any atom is -0.292 e. The Morgan fingerprint density at radius 3 is 2.19 bits per heavy atom. The van der Waals surface area contributed by atoms with Crippen LogP contribution in [0.5, 0.6) is 0 Å². The van der Waals surface area contributed by atoms with Crippen LogP contribution in [-0.2, 0) is 16.4 Å². The van der Waals surface area contributed by atoms with Gasteiger partial charge in [0.25, 0.3) is 0 Å². The van der Waals surface area contributed by atoms with E-state index in [0.717, 1.165) is 28.7 Å². The number of sulfonamides is 1. The van der Waals surface area contributed by atoms with Crippen LogP contribution in [-0.4, -0.2) is 23.0 Å². The Morgan fingerprint density at radius 2 is 1.50 bits per heavy atom. The van der Waals surface area contributed by atoms with Gasteiger partial charge < -0.3 is 0 Å². The lowest BCUT2D eigenvalue weighted by molar-refractivity contribution is 0.598. The van der Waals surface area contributed by atoms with Gasteiger partial charge in [-0.1, -0.05) is 42.5 Å². The number of benzene rings is 3. The molecule has 32 heavy (non-hydrogen) atoms. The molecule has 0 amide bonds. The lowest BCUT2D eigenvalue weighted by atomic mass is 10.0. The van der Waals surface area contributed by atoms with E-state index in [4.69, 9.17) is 10.1 Å². The van der Waals surface area contributed by atoms with Crippen molar-refractivity contribution in [3.63, 3.8) is 0 Å². The third-order valence-electron chi connectivity index (χ3n) is 5.34. The Bertz CT molecular complexity index is 1490. The van der Waals surface area contributed by atoms with Crippen LogP contribution >= 0.6 is 0 Å². The molecule has 0 saturated heterocycles. The van der Waals surface area contributed by atoms with Gasteiger partial charge >= 0.3 is 0 Å². The van der Waals surface area contributed by atoms with E-state index in [-0.39, 0.29) is 4.90 Å². The summed E-state index contributed by atoms with van der Waals surface area (Å²) in [6.07, 6.45) is 4.31. The number of aromatic nitrogens is 3. The highest BCUT2D eigenvalue weighted by atomic mass is 32.2.